The maximum absolute atomic E-state index is 11.0. The van der Waals surface area contributed by atoms with E-state index in [1.807, 2.05) is 6.07 Å². The first kappa shape index (κ1) is 15.4. The largest absolute Gasteiger partial charge is 0.330 e. The van der Waals surface area contributed by atoms with Crippen LogP contribution in [0.25, 0.3) is 0 Å². The zero-order chi connectivity index (χ0) is 14.7. The van der Waals surface area contributed by atoms with Crippen molar-refractivity contribution in [3.05, 3.63) is 38.3 Å². The summed E-state index contributed by atoms with van der Waals surface area (Å²) in [6.07, 6.45) is 1.14. The Bertz CT molecular complexity index is 495. The number of nitrogens with two attached hydrogens (primary N) is 1. The van der Waals surface area contributed by atoms with Crippen LogP contribution in [-0.2, 0) is 6.54 Å². The van der Waals surface area contributed by atoms with E-state index in [4.69, 9.17) is 5.73 Å². The summed E-state index contributed by atoms with van der Waals surface area (Å²) in [6, 6.07) is 5.34. The van der Waals surface area contributed by atoms with Crippen LogP contribution in [0.4, 0.5) is 5.69 Å². The predicted molar refractivity (Wildman–Crippen MR) is 82.4 cm³/mol. The molecule has 20 heavy (non-hydrogen) atoms. The predicted octanol–water partition coefficient (Wildman–Crippen LogP) is 2.77. The minimum Gasteiger partial charge on any atom is -0.330 e. The van der Waals surface area contributed by atoms with Crippen molar-refractivity contribution in [1.29, 1.82) is 0 Å². The lowest BCUT2D eigenvalue weighted by Crippen LogP contribution is -2.42. The molecule has 1 aliphatic heterocycles. The molecule has 1 fully saturated rings. The molecule has 2 atom stereocenters. The Labute approximate surface area is 127 Å². The van der Waals surface area contributed by atoms with Gasteiger partial charge in [0.15, 0.2) is 0 Å². The monoisotopic (exact) mass is 341 g/mol. The zero-order valence-corrected chi connectivity index (χ0v) is 13.2. The Morgan fingerprint density at radius 2 is 2.30 bits per heavy atom. The lowest BCUT2D eigenvalue weighted by Gasteiger charge is -2.36. The minimum absolute atomic E-state index is 0.128. The fraction of sp³-hybridized carbons (Fsp3) is 0.571. The van der Waals surface area contributed by atoms with E-state index >= 15 is 0 Å². The molecule has 1 heterocycles. The van der Waals surface area contributed by atoms with Gasteiger partial charge in [-0.15, -0.1) is 0 Å². The highest BCUT2D eigenvalue weighted by Gasteiger charge is 2.25. The third kappa shape index (κ3) is 3.56. The Morgan fingerprint density at radius 3 is 2.95 bits per heavy atom. The van der Waals surface area contributed by atoms with Crippen LogP contribution in [0.3, 0.4) is 0 Å². The van der Waals surface area contributed by atoms with Gasteiger partial charge in [-0.05, 0) is 58.9 Å². The summed E-state index contributed by atoms with van der Waals surface area (Å²) in [4.78, 5) is 12.9. The number of benzene rings is 1. The average molecular weight is 342 g/mol. The highest BCUT2D eigenvalue weighted by atomic mass is 79.9. The highest BCUT2D eigenvalue weighted by Crippen LogP contribution is 2.28. The van der Waals surface area contributed by atoms with Gasteiger partial charge in [-0.2, -0.15) is 0 Å². The molecule has 2 rings (SSSR count). The first-order valence-corrected chi connectivity index (χ1v) is 7.65. The Kier molecular flexibility index (Phi) is 5.12. The van der Waals surface area contributed by atoms with Crippen LogP contribution in [0.1, 0.15) is 18.9 Å². The first-order chi connectivity index (χ1) is 9.51. The molecule has 0 saturated carbocycles. The summed E-state index contributed by atoms with van der Waals surface area (Å²) in [5.41, 5.74) is 6.92. The van der Waals surface area contributed by atoms with Crippen molar-refractivity contribution >= 4 is 21.6 Å². The fourth-order valence-electron chi connectivity index (χ4n) is 2.73. The molecule has 1 aromatic carbocycles. The van der Waals surface area contributed by atoms with Gasteiger partial charge in [0.2, 0.25) is 0 Å². The van der Waals surface area contributed by atoms with Gasteiger partial charge >= 0.3 is 0 Å². The van der Waals surface area contributed by atoms with Crippen molar-refractivity contribution in [2.45, 2.75) is 19.9 Å². The van der Waals surface area contributed by atoms with Crippen LogP contribution < -0.4 is 5.73 Å². The molecule has 6 heteroatoms. The average Bonchev–Trinajstić information content (AvgIpc) is 2.42. The molecule has 1 aromatic rings. The molecule has 0 radical (unpaired) electrons. The number of likely N-dealkylation sites (tertiary alicyclic amines) is 1. The first-order valence-electron chi connectivity index (χ1n) is 6.86. The van der Waals surface area contributed by atoms with Crippen LogP contribution in [0.2, 0.25) is 0 Å². The topological polar surface area (TPSA) is 72.4 Å². The highest BCUT2D eigenvalue weighted by molar-refractivity contribution is 9.10. The number of halogens is 1. The second kappa shape index (κ2) is 6.65. The van der Waals surface area contributed by atoms with Crippen LogP contribution >= 0.6 is 15.9 Å². The van der Waals surface area contributed by atoms with Gasteiger partial charge in [-0.3, -0.25) is 15.0 Å². The smallest absolute Gasteiger partial charge is 0.283 e. The van der Waals surface area contributed by atoms with Crippen molar-refractivity contribution in [3.63, 3.8) is 0 Å². The maximum atomic E-state index is 11.0. The second-order valence-electron chi connectivity index (χ2n) is 5.54. The van der Waals surface area contributed by atoms with E-state index < -0.39 is 0 Å². The molecular formula is C14H20BrN3O2. The lowest BCUT2D eigenvalue weighted by atomic mass is 9.87. The van der Waals surface area contributed by atoms with Gasteiger partial charge in [0.1, 0.15) is 0 Å². The third-order valence-electron chi connectivity index (χ3n) is 4.11. The quantitative estimate of drug-likeness (QED) is 0.675. The van der Waals surface area contributed by atoms with Crippen molar-refractivity contribution in [3.8, 4) is 0 Å². The van der Waals surface area contributed by atoms with Gasteiger partial charge in [0.05, 0.1) is 9.40 Å². The van der Waals surface area contributed by atoms with Gasteiger partial charge < -0.3 is 5.73 Å². The number of rotatable bonds is 4. The van der Waals surface area contributed by atoms with E-state index in [0.29, 0.717) is 22.9 Å². The normalized spacial score (nSPS) is 23.8. The van der Waals surface area contributed by atoms with Gasteiger partial charge in [0.25, 0.3) is 5.69 Å². The van der Waals surface area contributed by atoms with E-state index in [2.05, 4.69) is 27.8 Å². The van der Waals surface area contributed by atoms with Gasteiger partial charge in [-0.1, -0.05) is 13.0 Å². The Morgan fingerprint density at radius 1 is 1.55 bits per heavy atom. The summed E-state index contributed by atoms with van der Waals surface area (Å²) < 4.78 is 0.526. The Balaban J connectivity index is 2.07. The van der Waals surface area contributed by atoms with Crippen LogP contribution in [-0.4, -0.2) is 29.5 Å². The molecule has 0 spiro atoms. The number of hydrogen-bond donors (Lipinski definition) is 1. The number of hydrogen-bond acceptors (Lipinski definition) is 4. The molecule has 0 aliphatic carbocycles. The number of nitro benzene ring substituents is 1. The maximum Gasteiger partial charge on any atom is 0.283 e. The Hall–Kier alpha value is -0.980. The van der Waals surface area contributed by atoms with E-state index in [0.717, 1.165) is 31.6 Å². The lowest BCUT2D eigenvalue weighted by molar-refractivity contribution is -0.385. The molecule has 0 aromatic heterocycles. The van der Waals surface area contributed by atoms with Crippen LogP contribution in [0, 0.1) is 22.0 Å². The van der Waals surface area contributed by atoms with Crippen molar-refractivity contribution in [2.24, 2.45) is 17.6 Å². The molecule has 2 unspecified atom stereocenters. The van der Waals surface area contributed by atoms with Gasteiger partial charge in [-0.25, -0.2) is 0 Å². The number of nitrogens with zero attached hydrogens (tertiary/aromatic N) is 2. The number of piperidine rings is 1. The molecule has 5 nitrogen and oxygen atoms in total. The second-order valence-corrected chi connectivity index (χ2v) is 6.39. The van der Waals surface area contributed by atoms with E-state index in [-0.39, 0.29) is 10.6 Å². The summed E-state index contributed by atoms with van der Waals surface area (Å²) in [5.74, 6) is 1.18. The number of nitro groups is 1. The molecule has 110 valence electrons. The van der Waals surface area contributed by atoms with Crippen molar-refractivity contribution < 1.29 is 4.92 Å². The van der Waals surface area contributed by atoms with Crippen LogP contribution in [0.5, 0.6) is 0 Å². The van der Waals surface area contributed by atoms with E-state index in [1.54, 1.807) is 12.1 Å². The van der Waals surface area contributed by atoms with Crippen molar-refractivity contribution in [2.75, 3.05) is 19.6 Å². The van der Waals surface area contributed by atoms with Crippen molar-refractivity contribution in [1.82, 2.24) is 4.90 Å². The summed E-state index contributed by atoms with van der Waals surface area (Å²) in [7, 11) is 0. The molecule has 2 N–H and O–H groups in total. The van der Waals surface area contributed by atoms with Crippen LogP contribution in [0.15, 0.2) is 22.7 Å². The molecule has 1 aliphatic rings. The fourth-order valence-corrected chi connectivity index (χ4v) is 3.12. The summed E-state index contributed by atoms with van der Waals surface area (Å²) >= 11 is 3.21. The zero-order valence-electron chi connectivity index (χ0n) is 11.6. The minimum atomic E-state index is -0.353. The molecule has 1 saturated heterocycles. The molecular weight excluding hydrogens is 322 g/mol. The molecule has 0 amide bonds. The van der Waals surface area contributed by atoms with E-state index in [1.165, 1.54) is 0 Å². The standard InChI is InChI=1S/C14H20BrN3O2/c1-10-4-5-17(9-12(10)7-16)8-11-2-3-13(15)14(6-11)18(19)20/h2-3,6,10,12H,4-5,7-9,16H2,1H3. The SMILES string of the molecule is CC1CCN(Cc2ccc(Br)c([N+](=O)[O-])c2)CC1CN. The third-order valence-corrected chi connectivity index (χ3v) is 4.78. The van der Waals surface area contributed by atoms with Gasteiger partial charge in [0, 0.05) is 19.2 Å². The molecule has 0 bridgehead atoms. The summed E-state index contributed by atoms with van der Waals surface area (Å²) in [5, 5.41) is 11.0. The summed E-state index contributed by atoms with van der Waals surface area (Å²) in [6.45, 7) is 5.71. The van der Waals surface area contributed by atoms with E-state index in [9.17, 15) is 10.1 Å².